The molecule has 4 nitrogen and oxygen atoms in total. The summed E-state index contributed by atoms with van der Waals surface area (Å²) >= 11 is 0. The Balaban J connectivity index is 1.89. The van der Waals surface area contributed by atoms with E-state index in [4.69, 9.17) is 10.7 Å². The Morgan fingerprint density at radius 3 is 2.80 bits per heavy atom. The Morgan fingerprint density at radius 2 is 2.10 bits per heavy atom. The third kappa shape index (κ3) is 2.23. The number of aromatic nitrogens is 2. The highest BCUT2D eigenvalue weighted by atomic mass is 15.2. The van der Waals surface area contributed by atoms with Gasteiger partial charge in [-0.05, 0) is 37.9 Å². The topological polar surface area (TPSA) is 47.1 Å². The van der Waals surface area contributed by atoms with Crippen molar-refractivity contribution >= 4 is 11.0 Å². The first-order chi connectivity index (χ1) is 9.58. The molecule has 1 aliphatic rings. The molecule has 108 valence electrons. The van der Waals surface area contributed by atoms with Gasteiger partial charge in [0, 0.05) is 19.6 Å². The highest BCUT2D eigenvalue weighted by Crippen LogP contribution is 2.27. The molecule has 2 heterocycles. The minimum absolute atomic E-state index is 0.279. The second-order valence-electron chi connectivity index (χ2n) is 6.12. The lowest BCUT2D eigenvalue weighted by atomic mass is 9.93. The fraction of sp³-hybridized carbons (Fsp3) is 0.562. The standard InChI is InChI=1S/C16H24N4/c1-11-8-9-20(10-13(11)17)12(2)16-18-14-6-4-5-7-15(14)19(16)3/h4-7,11-13H,8-10,17H2,1-3H3. The molecule has 0 aliphatic carbocycles. The van der Waals surface area contributed by atoms with Crippen molar-refractivity contribution in [1.82, 2.24) is 14.5 Å². The summed E-state index contributed by atoms with van der Waals surface area (Å²) in [5, 5.41) is 0. The lowest BCUT2D eigenvalue weighted by Crippen LogP contribution is -2.48. The molecule has 0 bridgehead atoms. The number of hydrogen-bond donors (Lipinski definition) is 1. The van der Waals surface area contributed by atoms with Crippen molar-refractivity contribution in [3.05, 3.63) is 30.1 Å². The highest BCUT2D eigenvalue weighted by molar-refractivity contribution is 5.75. The van der Waals surface area contributed by atoms with E-state index in [1.807, 2.05) is 6.07 Å². The highest BCUT2D eigenvalue weighted by Gasteiger charge is 2.28. The number of likely N-dealkylation sites (tertiary alicyclic amines) is 1. The van der Waals surface area contributed by atoms with Gasteiger partial charge in [0.05, 0.1) is 17.1 Å². The van der Waals surface area contributed by atoms with Crippen molar-refractivity contribution in [2.24, 2.45) is 18.7 Å². The van der Waals surface area contributed by atoms with Crippen molar-refractivity contribution in [2.45, 2.75) is 32.4 Å². The first-order valence-corrected chi connectivity index (χ1v) is 7.49. The van der Waals surface area contributed by atoms with Gasteiger partial charge >= 0.3 is 0 Å². The minimum Gasteiger partial charge on any atom is -0.330 e. The first kappa shape index (κ1) is 13.6. The predicted molar refractivity (Wildman–Crippen MR) is 82.5 cm³/mol. The van der Waals surface area contributed by atoms with Gasteiger partial charge in [-0.25, -0.2) is 4.98 Å². The van der Waals surface area contributed by atoms with E-state index in [9.17, 15) is 0 Å². The average molecular weight is 272 g/mol. The van der Waals surface area contributed by atoms with E-state index < -0.39 is 0 Å². The molecule has 3 rings (SSSR count). The molecule has 1 aromatic carbocycles. The molecule has 1 saturated heterocycles. The van der Waals surface area contributed by atoms with E-state index in [-0.39, 0.29) is 6.04 Å². The summed E-state index contributed by atoms with van der Waals surface area (Å²) < 4.78 is 2.21. The Labute approximate surface area is 120 Å². The van der Waals surface area contributed by atoms with Crippen LogP contribution in [0.3, 0.4) is 0 Å². The molecule has 0 saturated carbocycles. The van der Waals surface area contributed by atoms with Crippen LogP contribution in [0.1, 0.15) is 32.1 Å². The van der Waals surface area contributed by atoms with Crippen LogP contribution in [0.2, 0.25) is 0 Å². The van der Waals surface area contributed by atoms with Crippen LogP contribution in [-0.2, 0) is 7.05 Å². The molecule has 3 atom stereocenters. The number of benzene rings is 1. The van der Waals surface area contributed by atoms with Crippen molar-refractivity contribution in [2.75, 3.05) is 13.1 Å². The van der Waals surface area contributed by atoms with E-state index in [1.165, 1.54) is 11.9 Å². The zero-order valence-electron chi connectivity index (χ0n) is 12.6. The summed E-state index contributed by atoms with van der Waals surface area (Å²) in [6.45, 7) is 6.57. The van der Waals surface area contributed by atoms with Gasteiger partial charge in [0.15, 0.2) is 0 Å². The molecule has 3 unspecified atom stereocenters. The lowest BCUT2D eigenvalue weighted by Gasteiger charge is -2.38. The van der Waals surface area contributed by atoms with Crippen LogP contribution in [0, 0.1) is 5.92 Å². The number of imidazole rings is 1. The Kier molecular flexibility index (Phi) is 3.52. The Bertz CT molecular complexity index is 604. The van der Waals surface area contributed by atoms with E-state index in [1.54, 1.807) is 0 Å². The molecule has 1 aromatic heterocycles. The zero-order chi connectivity index (χ0) is 14.3. The monoisotopic (exact) mass is 272 g/mol. The van der Waals surface area contributed by atoms with Gasteiger partial charge in [0.25, 0.3) is 0 Å². The van der Waals surface area contributed by atoms with E-state index in [0.29, 0.717) is 12.0 Å². The Hall–Kier alpha value is -1.39. The molecule has 1 fully saturated rings. The van der Waals surface area contributed by atoms with Gasteiger partial charge in [-0.3, -0.25) is 4.90 Å². The van der Waals surface area contributed by atoms with Crippen LogP contribution in [0.25, 0.3) is 11.0 Å². The van der Waals surface area contributed by atoms with Crippen LogP contribution in [-0.4, -0.2) is 33.6 Å². The molecular weight excluding hydrogens is 248 g/mol. The zero-order valence-corrected chi connectivity index (χ0v) is 12.6. The lowest BCUT2D eigenvalue weighted by molar-refractivity contribution is 0.123. The molecular formula is C16H24N4. The average Bonchev–Trinajstić information content (AvgIpc) is 2.79. The SMILES string of the molecule is CC1CCN(C(C)c2nc3ccccc3n2C)CC1N. The van der Waals surface area contributed by atoms with Crippen LogP contribution in [0.4, 0.5) is 0 Å². The molecule has 4 heteroatoms. The maximum absolute atomic E-state index is 6.23. The van der Waals surface area contributed by atoms with Crippen molar-refractivity contribution in [1.29, 1.82) is 0 Å². The quantitative estimate of drug-likeness (QED) is 0.912. The van der Waals surface area contributed by atoms with E-state index >= 15 is 0 Å². The third-order valence-electron chi connectivity index (χ3n) is 4.79. The summed E-state index contributed by atoms with van der Waals surface area (Å²) in [6.07, 6.45) is 1.18. The summed E-state index contributed by atoms with van der Waals surface area (Å²) in [6, 6.07) is 8.91. The fourth-order valence-electron chi connectivity index (χ4n) is 3.18. The number of aryl methyl sites for hydroxylation is 1. The van der Waals surface area contributed by atoms with Gasteiger partial charge in [0.1, 0.15) is 5.82 Å². The largest absolute Gasteiger partial charge is 0.330 e. The number of fused-ring (bicyclic) bond motifs is 1. The second kappa shape index (κ2) is 5.19. The third-order valence-corrected chi connectivity index (χ3v) is 4.79. The van der Waals surface area contributed by atoms with Crippen molar-refractivity contribution in [3.8, 4) is 0 Å². The van der Waals surface area contributed by atoms with Gasteiger partial charge < -0.3 is 10.3 Å². The number of hydrogen-bond acceptors (Lipinski definition) is 3. The fourth-order valence-corrected chi connectivity index (χ4v) is 3.18. The van der Waals surface area contributed by atoms with Crippen molar-refractivity contribution in [3.63, 3.8) is 0 Å². The summed E-state index contributed by atoms with van der Waals surface area (Å²) in [7, 11) is 2.10. The molecule has 0 amide bonds. The molecule has 20 heavy (non-hydrogen) atoms. The maximum Gasteiger partial charge on any atom is 0.126 e. The van der Waals surface area contributed by atoms with Crippen LogP contribution < -0.4 is 5.73 Å². The molecule has 0 radical (unpaired) electrons. The predicted octanol–water partition coefficient (Wildman–Crippen LogP) is 2.30. The molecule has 1 aliphatic heterocycles. The summed E-state index contributed by atoms with van der Waals surface area (Å²) in [5.41, 5.74) is 8.50. The molecule has 2 aromatic rings. The van der Waals surface area contributed by atoms with Crippen LogP contribution in [0.5, 0.6) is 0 Å². The second-order valence-corrected chi connectivity index (χ2v) is 6.12. The number of nitrogens with two attached hydrogens (primary N) is 1. The number of rotatable bonds is 2. The number of para-hydroxylation sites is 2. The Morgan fingerprint density at radius 1 is 1.35 bits per heavy atom. The maximum atomic E-state index is 6.23. The van der Waals surface area contributed by atoms with Gasteiger partial charge in [0.2, 0.25) is 0 Å². The summed E-state index contributed by atoms with van der Waals surface area (Å²) in [4.78, 5) is 7.28. The normalized spacial score (nSPS) is 26.0. The number of nitrogens with zero attached hydrogens (tertiary/aromatic N) is 3. The van der Waals surface area contributed by atoms with Crippen molar-refractivity contribution < 1.29 is 0 Å². The van der Waals surface area contributed by atoms with Gasteiger partial charge in [-0.1, -0.05) is 19.1 Å². The number of piperidine rings is 1. The van der Waals surface area contributed by atoms with Crippen LogP contribution in [0.15, 0.2) is 24.3 Å². The van der Waals surface area contributed by atoms with Gasteiger partial charge in [-0.15, -0.1) is 0 Å². The van der Waals surface area contributed by atoms with E-state index in [0.717, 1.165) is 24.4 Å². The van der Waals surface area contributed by atoms with Gasteiger partial charge in [-0.2, -0.15) is 0 Å². The molecule has 2 N–H and O–H groups in total. The minimum atomic E-state index is 0.279. The summed E-state index contributed by atoms with van der Waals surface area (Å²) in [5.74, 6) is 1.76. The van der Waals surface area contributed by atoms with E-state index in [2.05, 4.69) is 48.6 Å². The first-order valence-electron chi connectivity index (χ1n) is 7.49. The van der Waals surface area contributed by atoms with Crippen LogP contribution >= 0.6 is 0 Å². The smallest absolute Gasteiger partial charge is 0.126 e. The molecule has 0 spiro atoms.